The highest BCUT2D eigenvalue weighted by atomic mass is 14.3. The van der Waals surface area contributed by atoms with Crippen LogP contribution in [0.5, 0.6) is 0 Å². The molecule has 0 atom stereocenters. The van der Waals surface area contributed by atoms with Gasteiger partial charge in [-0.25, -0.2) is 0 Å². The van der Waals surface area contributed by atoms with Crippen LogP contribution >= 0.6 is 0 Å². The summed E-state index contributed by atoms with van der Waals surface area (Å²) in [6.45, 7) is 4.43. The van der Waals surface area contributed by atoms with E-state index in [0.29, 0.717) is 0 Å². The van der Waals surface area contributed by atoms with Crippen LogP contribution in [0, 0.1) is 13.8 Å². The normalized spacial score (nSPS) is 12.7. The Morgan fingerprint density at radius 2 is 0.875 bits per heavy atom. The van der Waals surface area contributed by atoms with Crippen LogP contribution in [-0.2, 0) is 0 Å². The Labute approximate surface area is 186 Å². The molecule has 148 valence electrons. The lowest BCUT2D eigenvalue weighted by Gasteiger charge is -2.16. The quantitative estimate of drug-likeness (QED) is 0.175. The van der Waals surface area contributed by atoms with Gasteiger partial charge in [0.25, 0.3) is 0 Å². The number of aryl methyl sites for hydroxylation is 2. The van der Waals surface area contributed by atoms with Crippen LogP contribution in [-0.4, -0.2) is 0 Å². The molecule has 0 amide bonds. The highest BCUT2D eigenvalue weighted by Gasteiger charge is 2.24. The molecule has 0 N–H and O–H groups in total. The summed E-state index contributed by atoms with van der Waals surface area (Å²) in [6, 6.07) is 32.4. The molecule has 0 nitrogen and oxygen atoms in total. The maximum Gasteiger partial charge on any atom is -0.00203 e. The van der Waals surface area contributed by atoms with E-state index in [9.17, 15) is 0 Å². The Hall–Kier alpha value is -3.90. The number of fused-ring (bicyclic) bond motifs is 6. The smallest absolute Gasteiger partial charge is 0.00203 e. The molecule has 0 heterocycles. The van der Waals surface area contributed by atoms with Crippen molar-refractivity contribution in [2.45, 2.75) is 13.8 Å². The predicted octanol–water partition coefficient (Wildman–Crippen LogP) is 9.15. The van der Waals surface area contributed by atoms with Crippen LogP contribution in [0.2, 0.25) is 0 Å². The van der Waals surface area contributed by atoms with Crippen molar-refractivity contribution in [1.29, 1.82) is 0 Å². The van der Waals surface area contributed by atoms with E-state index in [2.05, 4.69) is 98.8 Å². The highest BCUT2D eigenvalue weighted by Crippen LogP contribution is 2.51. The van der Waals surface area contributed by atoms with Crippen molar-refractivity contribution in [1.82, 2.24) is 0 Å². The summed E-state index contributed by atoms with van der Waals surface area (Å²) in [5.41, 5.74) is 8.18. The van der Waals surface area contributed by atoms with Crippen molar-refractivity contribution in [3.8, 4) is 22.3 Å². The van der Waals surface area contributed by atoms with Crippen LogP contribution in [0.15, 0.2) is 84.9 Å². The second kappa shape index (κ2) is 5.47. The number of hydrogen-bond acceptors (Lipinski definition) is 0. The molecule has 0 bridgehead atoms. The fourth-order valence-electron chi connectivity index (χ4n) is 6.34. The number of hydrogen-bond donors (Lipinski definition) is 0. The summed E-state index contributed by atoms with van der Waals surface area (Å²) in [5.74, 6) is 0. The van der Waals surface area contributed by atoms with Crippen LogP contribution in [0.3, 0.4) is 0 Å². The molecule has 8 rings (SSSR count). The van der Waals surface area contributed by atoms with E-state index in [1.54, 1.807) is 0 Å². The molecule has 0 saturated heterocycles. The first-order valence-corrected chi connectivity index (χ1v) is 11.4. The lowest BCUT2D eigenvalue weighted by atomic mass is 9.87. The van der Waals surface area contributed by atoms with Crippen LogP contribution in [0.25, 0.3) is 76.1 Å². The van der Waals surface area contributed by atoms with Gasteiger partial charge in [-0.05, 0) is 113 Å². The van der Waals surface area contributed by atoms with Crippen molar-refractivity contribution >= 4 is 53.9 Å². The van der Waals surface area contributed by atoms with Crippen LogP contribution < -0.4 is 0 Å². The first kappa shape index (κ1) is 16.8. The van der Waals surface area contributed by atoms with Crippen molar-refractivity contribution in [2.24, 2.45) is 0 Å². The molecule has 0 spiro atoms. The summed E-state index contributed by atoms with van der Waals surface area (Å²) in [5, 5.41) is 13.7. The zero-order valence-corrected chi connectivity index (χ0v) is 18.1. The number of benzene rings is 7. The number of rotatable bonds is 0. The molecule has 32 heavy (non-hydrogen) atoms. The third-order valence-electron chi connectivity index (χ3n) is 7.54. The van der Waals surface area contributed by atoms with E-state index in [0.717, 1.165) is 0 Å². The van der Waals surface area contributed by atoms with E-state index < -0.39 is 0 Å². The van der Waals surface area contributed by atoms with Gasteiger partial charge in [0.1, 0.15) is 0 Å². The Balaban J connectivity index is 1.66. The summed E-state index contributed by atoms with van der Waals surface area (Å²) in [4.78, 5) is 0. The molecule has 0 unspecified atom stereocenters. The summed E-state index contributed by atoms with van der Waals surface area (Å²) >= 11 is 0. The largest absolute Gasteiger partial charge is 0.0610 e. The first-order valence-electron chi connectivity index (χ1n) is 11.4. The van der Waals surface area contributed by atoms with E-state index in [-0.39, 0.29) is 0 Å². The monoisotopic (exact) mass is 404 g/mol. The molecule has 1 aliphatic rings. The SMILES string of the molecule is Cc1cc2c3c(cc(C)cc3c1)-c1cc3c(cc1-2)c1cccc2ccc4cccc3c4c21. The predicted molar refractivity (Wildman–Crippen MR) is 139 cm³/mol. The third-order valence-corrected chi connectivity index (χ3v) is 7.54. The van der Waals surface area contributed by atoms with Gasteiger partial charge < -0.3 is 0 Å². The molecule has 1 aliphatic carbocycles. The van der Waals surface area contributed by atoms with Gasteiger partial charge in [0.2, 0.25) is 0 Å². The minimum absolute atomic E-state index is 1.32. The molecule has 0 saturated carbocycles. The fraction of sp³-hybridized carbons (Fsp3) is 0.0625. The van der Waals surface area contributed by atoms with Gasteiger partial charge in [-0.15, -0.1) is 0 Å². The molecule has 0 aromatic heterocycles. The van der Waals surface area contributed by atoms with Crippen molar-refractivity contribution in [3.05, 3.63) is 96.1 Å². The summed E-state index contributed by atoms with van der Waals surface area (Å²) in [7, 11) is 0. The molecule has 0 radical (unpaired) electrons. The molecule has 7 aromatic rings. The molecule has 0 heteroatoms. The van der Waals surface area contributed by atoms with Gasteiger partial charge in [0.05, 0.1) is 0 Å². The Kier molecular flexibility index (Phi) is 2.86. The lowest BCUT2D eigenvalue weighted by Crippen LogP contribution is -1.88. The van der Waals surface area contributed by atoms with E-state index in [4.69, 9.17) is 0 Å². The maximum absolute atomic E-state index is 2.47. The molecular weight excluding hydrogens is 384 g/mol. The summed E-state index contributed by atoms with van der Waals surface area (Å²) in [6.07, 6.45) is 0. The van der Waals surface area contributed by atoms with E-state index >= 15 is 0 Å². The van der Waals surface area contributed by atoms with Crippen LogP contribution in [0.4, 0.5) is 0 Å². The fourth-order valence-corrected chi connectivity index (χ4v) is 6.34. The van der Waals surface area contributed by atoms with Crippen molar-refractivity contribution in [2.75, 3.05) is 0 Å². The highest BCUT2D eigenvalue weighted by molar-refractivity contribution is 6.35. The molecule has 7 aromatic carbocycles. The maximum atomic E-state index is 2.47. The van der Waals surface area contributed by atoms with Gasteiger partial charge in [0.15, 0.2) is 0 Å². The van der Waals surface area contributed by atoms with E-state index in [1.165, 1.54) is 87.2 Å². The van der Waals surface area contributed by atoms with Crippen LogP contribution in [0.1, 0.15) is 11.1 Å². The second-order valence-corrected chi connectivity index (χ2v) is 9.54. The van der Waals surface area contributed by atoms with E-state index in [1.807, 2.05) is 0 Å². The molecular formula is C32H20. The van der Waals surface area contributed by atoms with Gasteiger partial charge >= 0.3 is 0 Å². The van der Waals surface area contributed by atoms with Gasteiger partial charge in [-0.2, -0.15) is 0 Å². The van der Waals surface area contributed by atoms with Crippen molar-refractivity contribution < 1.29 is 0 Å². The Morgan fingerprint density at radius 3 is 1.38 bits per heavy atom. The minimum atomic E-state index is 1.32. The average molecular weight is 405 g/mol. The first-order chi connectivity index (χ1) is 15.7. The van der Waals surface area contributed by atoms with Gasteiger partial charge in [-0.3, -0.25) is 0 Å². The lowest BCUT2D eigenvalue weighted by molar-refractivity contribution is 1.48. The average Bonchev–Trinajstić information content (AvgIpc) is 3.10. The second-order valence-electron chi connectivity index (χ2n) is 9.54. The third kappa shape index (κ3) is 1.90. The Bertz CT molecular complexity index is 1800. The molecule has 0 aliphatic heterocycles. The summed E-state index contributed by atoms with van der Waals surface area (Å²) < 4.78 is 0. The zero-order valence-electron chi connectivity index (χ0n) is 18.1. The Morgan fingerprint density at radius 1 is 0.375 bits per heavy atom. The van der Waals surface area contributed by atoms with Gasteiger partial charge in [0, 0.05) is 0 Å². The molecule has 0 fully saturated rings. The standard InChI is InChI=1S/C32H20/c1-17-11-21-12-18(2)14-29-27-16-25-23-8-4-6-20-10-9-19-5-3-7-22(31(19)32(20)23)24(25)15-26(27)28(13-17)30(21)29/h3-16H,1-2H3. The topological polar surface area (TPSA) is 0 Å². The minimum Gasteiger partial charge on any atom is -0.0610 e. The zero-order chi connectivity index (χ0) is 21.1. The van der Waals surface area contributed by atoms with Crippen molar-refractivity contribution in [3.63, 3.8) is 0 Å². The van der Waals surface area contributed by atoms with Gasteiger partial charge in [-0.1, -0.05) is 72.8 Å².